The lowest BCUT2D eigenvalue weighted by atomic mass is 9.81. The monoisotopic (exact) mass is 186 g/mol. The molecule has 0 saturated heterocycles. The van der Waals surface area contributed by atoms with Crippen molar-refractivity contribution in [3.05, 3.63) is 0 Å². The summed E-state index contributed by atoms with van der Waals surface area (Å²) in [6.45, 7) is 5.84. The number of hydrazine groups is 1. The Hall–Kier alpha value is -0.120. The van der Waals surface area contributed by atoms with E-state index in [0.29, 0.717) is 11.5 Å². The van der Waals surface area contributed by atoms with Crippen LogP contribution < -0.4 is 11.3 Å². The van der Waals surface area contributed by atoms with E-state index in [2.05, 4.69) is 12.3 Å². The fraction of sp³-hybridized carbons (Fsp3) is 1.00. The van der Waals surface area contributed by atoms with Crippen LogP contribution in [0, 0.1) is 5.41 Å². The number of rotatable bonds is 5. The van der Waals surface area contributed by atoms with Crippen molar-refractivity contribution >= 4 is 0 Å². The zero-order valence-electron chi connectivity index (χ0n) is 8.81. The second kappa shape index (κ2) is 4.94. The highest BCUT2D eigenvalue weighted by molar-refractivity contribution is 4.90. The first-order valence-electron chi connectivity index (χ1n) is 5.27. The predicted octanol–water partition coefficient (Wildman–Crippen LogP) is 1.44. The zero-order chi connectivity index (χ0) is 9.73. The quantitative estimate of drug-likeness (QED) is 0.504. The van der Waals surface area contributed by atoms with Gasteiger partial charge in [0.1, 0.15) is 0 Å². The van der Waals surface area contributed by atoms with Crippen LogP contribution >= 0.6 is 0 Å². The van der Waals surface area contributed by atoms with Crippen LogP contribution in [0.1, 0.15) is 39.5 Å². The number of hydrogen-bond acceptors (Lipinski definition) is 3. The van der Waals surface area contributed by atoms with Crippen LogP contribution in [0.5, 0.6) is 0 Å². The fourth-order valence-electron chi connectivity index (χ4n) is 2.22. The molecule has 0 spiro atoms. The fourth-order valence-corrected chi connectivity index (χ4v) is 2.22. The summed E-state index contributed by atoms with van der Waals surface area (Å²) in [6, 6.07) is 0.315. The van der Waals surface area contributed by atoms with Crippen LogP contribution in [0.3, 0.4) is 0 Å². The van der Waals surface area contributed by atoms with Gasteiger partial charge in [0.15, 0.2) is 0 Å². The van der Waals surface area contributed by atoms with Crippen molar-refractivity contribution in [3.63, 3.8) is 0 Å². The Kier molecular flexibility index (Phi) is 4.16. The van der Waals surface area contributed by atoms with E-state index in [-0.39, 0.29) is 0 Å². The Balaban J connectivity index is 2.43. The van der Waals surface area contributed by atoms with Gasteiger partial charge in [-0.3, -0.25) is 11.3 Å². The highest BCUT2D eigenvalue weighted by Gasteiger charge is 2.36. The third kappa shape index (κ3) is 2.66. The molecule has 1 aliphatic rings. The first-order valence-corrected chi connectivity index (χ1v) is 5.27. The van der Waals surface area contributed by atoms with E-state index in [9.17, 15) is 0 Å². The largest absolute Gasteiger partial charge is 0.380 e. The van der Waals surface area contributed by atoms with Gasteiger partial charge in [-0.15, -0.1) is 0 Å². The third-order valence-electron chi connectivity index (χ3n) is 3.28. The van der Waals surface area contributed by atoms with E-state index >= 15 is 0 Å². The average Bonchev–Trinajstić information content (AvgIpc) is 2.54. The Bertz CT molecular complexity index is 144. The molecule has 0 aromatic rings. The molecular formula is C10H22N2O. The van der Waals surface area contributed by atoms with E-state index in [0.717, 1.165) is 13.2 Å². The van der Waals surface area contributed by atoms with Crippen LogP contribution in [-0.4, -0.2) is 19.3 Å². The summed E-state index contributed by atoms with van der Waals surface area (Å²) in [5.74, 6) is 5.55. The minimum atomic E-state index is 0.315. The van der Waals surface area contributed by atoms with Crippen LogP contribution in [-0.2, 0) is 4.74 Å². The van der Waals surface area contributed by atoms with Crippen molar-refractivity contribution in [3.8, 4) is 0 Å². The van der Waals surface area contributed by atoms with E-state index in [1.165, 1.54) is 25.7 Å². The van der Waals surface area contributed by atoms with Gasteiger partial charge in [0.05, 0.1) is 6.61 Å². The number of nitrogens with one attached hydrogen (secondary N) is 1. The van der Waals surface area contributed by atoms with Crippen molar-refractivity contribution in [2.45, 2.75) is 45.6 Å². The highest BCUT2D eigenvalue weighted by Crippen LogP contribution is 2.40. The Morgan fingerprint density at radius 1 is 1.46 bits per heavy atom. The molecule has 0 heterocycles. The summed E-state index contributed by atoms with van der Waals surface area (Å²) in [5.41, 5.74) is 3.25. The first-order chi connectivity index (χ1) is 6.23. The van der Waals surface area contributed by atoms with Gasteiger partial charge in [-0.25, -0.2) is 0 Å². The molecule has 3 nitrogen and oxygen atoms in total. The molecule has 1 aliphatic carbocycles. The maximum Gasteiger partial charge on any atom is 0.0638 e. The zero-order valence-corrected chi connectivity index (χ0v) is 8.81. The van der Waals surface area contributed by atoms with Crippen molar-refractivity contribution in [1.82, 2.24) is 5.43 Å². The molecule has 3 heteroatoms. The molecule has 0 amide bonds. The molecule has 0 radical (unpaired) electrons. The predicted molar refractivity (Wildman–Crippen MR) is 54.2 cm³/mol. The maximum absolute atomic E-state index is 5.55. The molecule has 13 heavy (non-hydrogen) atoms. The molecule has 1 rings (SSSR count). The van der Waals surface area contributed by atoms with Crippen molar-refractivity contribution in [1.29, 1.82) is 0 Å². The molecule has 1 atom stereocenters. The Morgan fingerprint density at radius 2 is 2.08 bits per heavy atom. The second-order valence-electron chi connectivity index (χ2n) is 4.24. The van der Waals surface area contributed by atoms with E-state index < -0.39 is 0 Å². The van der Waals surface area contributed by atoms with Crippen LogP contribution in [0.2, 0.25) is 0 Å². The van der Waals surface area contributed by atoms with Gasteiger partial charge in [-0.1, -0.05) is 19.8 Å². The summed E-state index contributed by atoms with van der Waals surface area (Å²) >= 11 is 0. The second-order valence-corrected chi connectivity index (χ2v) is 4.24. The molecule has 0 bridgehead atoms. The van der Waals surface area contributed by atoms with Crippen molar-refractivity contribution < 1.29 is 4.74 Å². The van der Waals surface area contributed by atoms with Gasteiger partial charge in [-0.05, 0) is 25.2 Å². The summed E-state index contributed by atoms with van der Waals surface area (Å²) in [7, 11) is 0. The SMILES string of the molecule is CCOCC(NN)C1(C)CCCC1. The van der Waals surface area contributed by atoms with Crippen LogP contribution in [0.4, 0.5) is 0 Å². The maximum atomic E-state index is 5.55. The molecule has 3 N–H and O–H groups in total. The number of ether oxygens (including phenoxy) is 1. The average molecular weight is 186 g/mol. The standard InChI is InChI=1S/C10H22N2O/c1-3-13-8-9(12-11)10(2)6-4-5-7-10/h9,12H,3-8,11H2,1-2H3. The number of hydrogen-bond donors (Lipinski definition) is 2. The van der Waals surface area contributed by atoms with Crippen LogP contribution in [0.25, 0.3) is 0 Å². The molecule has 0 aromatic heterocycles. The topological polar surface area (TPSA) is 47.3 Å². The molecule has 0 aliphatic heterocycles. The van der Waals surface area contributed by atoms with E-state index in [4.69, 9.17) is 10.6 Å². The molecule has 1 unspecified atom stereocenters. The van der Waals surface area contributed by atoms with Gasteiger partial charge in [0, 0.05) is 12.6 Å². The minimum absolute atomic E-state index is 0.315. The van der Waals surface area contributed by atoms with Crippen molar-refractivity contribution in [2.24, 2.45) is 11.3 Å². The molecule has 1 saturated carbocycles. The van der Waals surface area contributed by atoms with Gasteiger partial charge < -0.3 is 4.74 Å². The number of nitrogens with two attached hydrogens (primary N) is 1. The molecule has 78 valence electrons. The lowest BCUT2D eigenvalue weighted by Crippen LogP contribution is -2.48. The van der Waals surface area contributed by atoms with E-state index in [1.54, 1.807) is 0 Å². The van der Waals surface area contributed by atoms with Crippen LogP contribution in [0.15, 0.2) is 0 Å². The summed E-state index contributed by atoms with van der Waals surface area (Å²) < 4.78 is 5.42. The molecule has 1 fully saturated rings. The Morgan fingerprint density at radius 3 is 2.54 bits per heavy atom. The van der Waals surface area contributed by atoms with Gasteiger partial charge in [0.25, 0.3) is 0 Å². The summed E-state index contributed by atoms with van der Waals surface area (Å²) in [4.78, 5) is 0. The van der Waals surface area contributed by atoms with Gasteiger partial charge >= 0.3 is 0 Å². The Labute approximate surface area is 81.0 Å². The molecule has 0 aromatic carbocycles. The lowest BCUT2D eigenvalue weighted by molar-refractivity contribution is 0.0724. The molecular weight excluding hydrogens is 164 g/mol. The summed E-state index contributed by atoms with van der Waals surface area (Å²) in [5, 5.41) is 0. The summed E-state index contributed by atoms with van der Waals surface area (Å²) in [6.07, 6.45) is 5.21. The smallest absolute Gasteiger partial charge is 0.0638 e. The van der Waals surface area contributed by atoms with Gasteiger partial charge in [0.2, 0.25) is 0 Å². The normalized spacial score (nSPS) is 23.3. The third-order valence-corrected chi connectivity index (χ3v) is 3.28. The minimum Gasteiger partial charge on any atom is -0.380 e. The lowest BCUT2D eigenvalue weighted by Gasteiger charge is -2.33. The first kappa shape index (κ1) is 11.0. The van der Waals surface area contributed by atoms with Crippen molar-refractivity contribution in [2.75, 3.05) is 13.2 Å². The highest BCUT2D eigenvalue weighted by atomic mass is 16.5. The van der Waals surface area contributed by atoms with E-state index in [1.807, 2.05) is 6.92 Å². The van der Waals surface area contributed by atoms with Gasteiger partial charge in [-0.2, -0.15) is 0 Å².